The number of nitrogens with zero attached hydrogens (tertiary/aromatic N) is 1. The number of allylic oxidation sites excluding steroid dienone is 1. The van der Waals surface area contributed by atoms with E-state index in [1.54, 1.807) is 30.6 Å². The van der Waals surface area contributed by atoms with Gasteiger partial charge >= 0.3 is 5.97 Å². The molecule has 2 aliphatic rings. The van der Waals surface area contributed by atoms with Crippen LogP contribution in [0.5, 0.6) is 11.5 Å². The minimum atomic E-state index is -0.306. The number of ketones is 1. The van der Waals surface area contributed by atoms with Crippen molar-refractivity contribution in [3.05, 3.63) is 94.5 Å². The SMILES string of the molecule is CC(C)c1ccc(/C=C2\Oc3c(ccc4c3[C@@H](c3ccncc3)CC(=O)O4)C2=O)cc1. The second-order valence-electron chi connectivity index (χ2n) is 8.13. The Balaban J connectivity index is 1.56. The molecule has 3 aromatic rings. The van der Waals surface area contributed by atoms with E-state index >= 15 is 0 Å². The van der Waals surface area contributed by atoms with Crippen molar-refractivity contribution in [2.45, 2.75) is 32.1 Å². The van der Waals surface area contributed by atoms with Crippen molar-refractivity contribution in [1.82, 2.24) is 4.98 Å². The van der Waals surface area contributed by atoms with Crippen LogP contribution in [0.15, 0.2) is 66.7 Å². The van der Waals surface area contributed by atoms with E-state index in [4.69, 9.17) is 9.47 Å². The van der Waals surface area contributed by atoms with Gasteiger partial charge in [-0.25, -0.2) is 0 Å². The van der Waals surface area contributed by atoms with Crippen LogP contribution >= 0.6 is 0 Å². The average molecular weight is 411 g/mol. The molecule has 2 aromatic carbocycles. The molecule has 0 unspecified atom stereocenters. The lowest BCUT2D eigenvalue weighted by Crippen LogP contribution is -2.21. The zero-order valence-electron chi connectivity index (χ0n) is 17.3. The van der Waals surface area contributed by atoms with Crippen LogP contribution in [0.4, 0.5) is 0 Å². The largest absolute Gasteiger partial charge is 0.452 e. The number of ether oxygens (including phenoxy) is 2. The van der Waals surface area contributed by atoms with Crippen molar-refractivity contribution in [2.75, 3.05) is 0 Å². The molecule has 0 fully saturated rings. The van der Waals surface area contributed by atoms with Gasteiger partial charge in [-0.15, -0.1) is 0 Å². The summed E-state index contributed by atoms with van der Waals surface area (Å²) in [5.74, 6) is 0.886. The Bertz CT molecular complexity index is 1210. The topological polar surface area (TPSA) is 65.5 Å². The standard InChI is InChI=1S/C26H21NO4/c1-15(2)17-5-3-16(4-6-17)13-22-25(29)19-7-8-21-24(26(19)31-22)20(14-23(28)30-21)18-9-11-27-12-10-18/h3-13,15,20H,14H2,1-2H3/b22-13-/t20-/m1/s1. The monoisotopic (exact) mass is 411 g/mol. The molecule has 0 aliphatic carbocycles. The molecule has 0 N–H and O–H groups in total. The van der Waals surface area contributed by atoms with Crippen LogP contribution in [0.1, 0.15) is 64.7 Å². The van der Waals surface area contributed by atoms with Gasteiger partial charge in [0, 0.05) is 23.9 Å². The number of hydrogen-bond acceptors (Lipinski definition) is 5. The maximum atomic E-state index is 13.1. The fourth-order valence-electron chi connectivity index (χ4n) is 4.12. The molecule has 0 bridgehead atoms. The van der Waals surface area contributed by atoms with Crippen LogP contribution in [0.3, 0.4) is 0 Å². The Morgan fingerprint density at radius 2 is 1.71 bits per heavy atom. The van der Waals surface area contributed by atoms with Crippen molar-refractivity contribution in [2.24, 2.45) is 0 Å². The predicted molar refractivity (Wildman–Crippen MR) is 116 cm³/mol. The van der Waals surface area contributed by atoms with E-state index in [0.29, 0.717) is 23.0 Å². The number of aromatic nitrogens is 1. The van der Waals surface area contributed by atoms with Gasteiger partial charge in [-0.1, -0.05) is 38.1 Å². The number of carbonyl (C=O) groups excluding carboxylic acids is 2. The van der Waals surface area contributed by atoms with Gasteiger partial charge in [-0.3, -0.25) is 14.6 Å². The number of Topliss-reactive ketones (excluding diaryl/α,β-unsaturated/α-hetero) is 1. The molecule has 0 spiro atoms. The van der Waals surface area contributed by atoms with Gasteiger partial charge in [0.05, 0.1) is 12.0 Å². The van der Waals surface area contributed by atoms with E-state index in [-0.39, 0.29) is 29.9 Å². The summed E-state index contributed by atoms with van der Waals surface area (Å²) in [6.07, 6.45) is 5.32. The first-order valence-electron chi connectivity index (χ1n) is 10.3. The quantitative estimate of drug-likeness (QED) is 0.334. The first kappa shape index (κ1) is 19.2. The Labute approximate surface area is 180 Å². The van der Waals surface area contributed by atoms with E-state index in [1.165, 1.54) is 5.56 Å². The highest BCUT2D eigenvalue weighted by molar-refractivity contribution is 6.15. The minimum Gasteiger partial charge on any atom is -0.452 e. The van der Waals surface area contributed by atoms with Gasteiger partial charge in [0.25, 0.3) is 0 Å². The Hall–Kier alpha value is -3.73. The summed E-state index contributed by atoms with van der Waals surface area (Å²) in [5, 5.41) is 0. The number of fused-ring (bicyclic) bond motifs is 3. The van der Waals surface area contributed by atoms with Gasteiger partial charge in [0.15, 0.2) is 5.76 Å². The van der Waals surface area contributed by atoms with Gasteiger partial charge in [-0.05, 0) is 52.9 Å². The first-order valence-corrected chi connectivity index (χ1v) is 10.3. The fourth-order valence-corrected chi connectivity index (χ4v) is 4.12. The zero-order chi connectivity index (χ0) is 21.5. The lowest BCUT2D eigenvalue weighted by molar-refractivity contribution is -0.135. The van der Waals surface area contributed by atoms with Crippen molar-refractivity contribution >= 4 is 17.8 Å². The van der Waals surface area contributed by atoms with E-state index in [0.717, 1.165) is 16.7 Å². The molecule has 0 saturated heterocycles. The van der Waals surface area contributed by atoms with E-state index in [2.05, 4.69) is 31.0 Å². The molecular formula is C26H21NO4. The van der Waals surface area contributed by atoms with Crippen LogP contribution in [0.25, 0.3) is 6.08 Å². The Morgan fingerprint density at radius 3 is 2.42 bits per heavy atom. The summed E-state index contributed by atoms with van der Waals surface area (Å²) in [4.78, 5) is 29.3. The lowest BCUT2D eigenvalue weighted by Gasteiger charge is -2.26. The summed E-state index contributed by atoms with van der Waals surface area (Å²) >= 11 is 0. The molecule has 31 heavy (non-hydrogen) atoms. The van der Waals surface area contributed by atoms with Gasteiger partial charge in [0.2, 0.25) is 5.78 Å². The second-order valence-corrected chi connectivity index (χ2v) is 8.13. The van der Waals surface area contributed by atoms with E-state index in [9.17, 15) is 9.59 Å². The van der Waals surface area contributed by atoms with E-state index < -0.39 is 0 Å². The number of benzene rings is 2. The van der Waals surface area contributed by atoms with Crippen molar-refractivity contribution in [3.8, 4) is 11.5 Å². The summed E-state index contributed by atoms with van der Waals surface area (Å²) in [6, 6.07) is 15.2. The highest BCUT2D eigenvalue weighted by atomic mass is 16.5. The molecule has 2 aliphatic heterocycles. The molecule has 5 heteroatoms. The molecule has 1 aromatic heterocycles. The Morgan fingerprint density at radius 1 is 0.968 bits per heavy atom. The van der Waals surface area contributed by atoms with Gasteiger partial charge < -0.3 is 9.47 Å². The van der Waals surface area contributed by atoms with Crippen molar-refractivity contribution < 1.29 is 19.1 Å². The molecule has 0 saturated carbocycles. The second kappa shape index (κ2) is 7.51. The molecule has 5 rings (SSSR count). The third-order valence-corrected chi connectivity index (χ3v) is 5.79. The average Bonchev–Trinajstić information content (AvgIpc) is 3.09. The van der Waals surface area contributed by atoms with Gasteiger partial charge in [-0.2, -0.15) is 0 Å². The zero-order valence-corrected chi connectivity index (χ0v) is 17.3. The smallest absolute Gasteiger partial charge is 0.312 e. The molecule has 1 atom stereocenters. The molecule has 154 valence electrons. The van der Waals surface area contributed by atoms with E-state index in [1.807, 2.05) is 24.3 Å². The maximum Gasteiger partial charge on any atom is 0.312 e. The van der Waals surface area contributed by atoms with Crippen molar-refractivity contribution in [3.63, 3.8) is 0 Å². The van der Waals surface area contributed by atoms with Crippen LogP contribution < -0.4 is 9.47 Å². The third-order valence-electron chi connectivity index (χ3n) is 5.79. The van der Waals surface area contributed by atoms with Crippen molar-refractivity contribution in [1.29, 1.82) is 0 Å². The number of hydrogen-bond donors (Lipinski definition) is 0. The first-order chi connectivity index (χ1) is 15.0. The van der Waals surface area contributed by atoms with Crippen LogP contribution in [-0.4, -0.2) is 16.7 Å². The molecule has 0 radical (unpaired) electrons. The maximum absolute atomic E-state index is 13.1. The Kier molecular flexibility index (Phi) is 4.66. The predicted octanol–water partition coefficient (Wildman–Crippen LogP) is 5.26. The van der Waals surface area contributed by atoms with Crippen LogP contribution in [0.2, 0.25) is 0 Å². The van der Waals surface area contributed by atoms with Gasteiger partial charge in [0.1, 0.15) is 11.5 Å². The summed E-state index contributed by atoms with van der Waals surface area (Å²) in [6.45, 7) is 4.28. The van der Waals surface area contributed by atoms with Crippen LogP contribution in [0, 0.1) is 0 Å². The lowest BCUT2D eigenvalue weighted by atomic mass is 9.85. The van der Waals surface area contributed by atoms with Crippen LogP contribution in [-0.2, 0) is 4.79 Å². The summed E-state index contributed by atoms with van der Waals surface area (Å²) in [5.41, 5.74) is 4.28. The molecule has 0 amide bonds. The molecule has 3 heterocycles. The third kappa shape index (κ3) is 3.42. The molecule has 5 nitrogen and oxygen atoms in total. The number of carbonyl (C=O) groups is 2. The minimum absolute atomic E-state index is 0.170. The normalized spacial score (nSPS) is 18.5. The number of pyridine rings is 1. The number of rotatable bonds is 3. The highest BCUT2D eigenvalue weighted by Crippen LogP contribution is 2.48. The molecular weight excluding hydrogens is 390 g/mol. The summed E-state index contributed by atoms with van der Waals surface area (Å²) in [7, 11) is 0. The fraction of sp³-hybridized carbons (Fsp3) is 0.192. The number of esters is 1. The summed E-state index contributed by atoms with van der Waals surface area (Å²) < 4.78 is 11.6. The highest BCUT2D eigenvalue weighted by Gasteiger charge is 2.38.